The topological polar surface area (TPSA) is 58.9 Å². The van der Waals surface area contributed by atoms with Crippen molar-refractivity contribution in [3.05, 3.63) is 59.0 Å². The van der Waals surface area contributed by atoms with Crippen molar-refractivity contribution in [2.75, 3.05) is 0 Å². The zero-order valence-electron chi connectivity index (χ0n) is 10.7. The maximum atomic E-state index is 13.0. The van der Waals surface area contributed by atoms with Crippen molar-refractivity contribution in [1.29, 1.82) is 0 Å². The molecule has 0 fully saturated rings. The van der Waals surface area contributed by atoms with E-state index in [1.165, 1.54) is 23.9 Å². The van der Waals surface area contributed by atoms with E-state index in [-0.39, 0.29) is 5.82 Å². The number of nitrogens with one attached hydrogen (secondary N) is 1. The molecule has 0 atom stereocenters. The lowest BCUT2D eigenvalue weighted by Gasteiger charge is -2.03. The van der Waals surface area contributed by atoms with Crippen molar-refractivity contribution in [3.8, 4) is 0 Å². The number of primary amides is 1. The first-order valence-corrected chi connectivity index (χ1v) is 7.28. The first-order chi connectivity index (χ1) is 10.0. The molecule has 0 aliphatic rings. The first kappa shape index (κ1) is 14.0. The van der Waals surface area contributed by atoms with Gasteiger partial charge >= 0.3 is 0 Å². The number of H-pyrrole nitrogens is 1. The number of benzene rings is 2. The van der Waals surface area contributed by atoms with Crippen LogP contribution in [0.3, 0.4) is 0 Å². The van der Waals surface area contributed by atoms with Gasteiger partial charge in [-0.3, -0.25) is 4.79 Å². The molecule has 3 nitrogen and oxygen atoms in total. The Labute approximate surface area is 129 Å². The Morgan fingerprint density at radius 1 is 1.19 bits per heavy atom. The SMILES string of the molecule is NC(=O)c1[nH]c2ccc(Cl)cc2c1Sc1ccc(F)cc1. The van der Waals surface area contributed by atoms with Crippen LogP contribution in [-0.4, -0.2) is 10.9 Å². The summed E-state index contributed by atoms with van der Waals surface area (Å²) in [4.78, 5) is 16.1. The van der Waals surface area contributed by atoms with Gasteiger partial charge in [-0.2, -0.15) is 0 Å². The number of halogens is 2. The number of nitrogens with two attached hydrogens (primary N) is 1. The van der Waals surface area contributed by atoms with Crippen LogP contribution >= 0.6 is 23.4 Å². The molecule has 0 spiro atoms. The maximum Gasteiger partial charge on any atom is 0.266 e. The Morgan fingerprint density at radius 3 is 2.57 bits per heavy atom. The fourth-order valence-corrected chi connectivity index (χ4v) is 3.25. The van der Waals surface area contributed by atoms with E-state index in [1.54, 1.807) is 30.3 Å². The molecule has 0 radical (unpaired) electrons. The van der Waals surface area contributed by atoms with Gasteiger partial charge in [-0.1, -0.05) is 23.4 Å². The van der Waals surface area contributed by atoms with E-state index >= 15 is 0 Å². The molecule has 3 N–H and O–H groups in total. The van der Waals surface area contributed by atoms with Gasteiger partial charge in [-0.15, -0.1) is 0 Å². The van der Waals surface area contributed by atoms with Gasteiger partial charge in [-0.05, 0) is 42.5 Å². The molecule has 6 heteroatoms. The summed E-state index contributed by atoms with van der Waals surface area (Å²) in [5, 5.41) is 1.38. The summed E-state index contributed by atoms with van der Waals surface area (Å²) in [5.74, 6) is -0.858. The van der Waals surface area contributed by atoms with Crippen LogP contribution in [0.5, 0.6) is 0 Å². The summed E-state index contributed by atoms with van der Waals surface area (Å²) in [5.41, 5.74) is 6.51. The molecule has 1 aromatic heterocycles. The van der Waals surface area contributed by atoms with Gasteiger partial charge in [0.15, 0.2) is 0 Å². The monoisotopic (exact) mass is 320 g/mol. The van der Waals surface area contributed by atoms with Crippen molar-refractivity contribution >= 4 is 40.2 Å². The van der Waals surface area contributed by atoms with E-state index in [1.807, 2.05) is 0 Å². The molecule has 106 valence electrons. The minimum absolute atomic E-state index is 0.309. The molecule has 3 aromatic rings. The van der Waals surface area contributed by atoms with E-state index in [2.05, 4.69) is 4.98 Å². The molecule has 0 saturated carbocycles. The number of aromatic nitrogens is 1. The summed E-state index contributed by atoms with van der Waals surface area (Å²) in [6.45, 7) is 0. The fourth-order valence-electron chi connectivity index (χ4n) is 2.04. The number of carbonyl (C=O) groups is 1. The third-order valence-electron chi connectivity index (χ3n) is 2.99. The molecule has 1 amide bonds. The average Bonchev–Trinajstić information content (AvgIpc) is 2.80. The van der Waals surface area contributed by atoms with Crippen molar-refractivity contribution in [2.24, 2.45) is 5.73 Å². The van der Waals surface area contributed by atoms with Gasteiger partial charge in [0.25, 0.3) is 5.91 Å². The number of aromatic amines is 1. The van der Waals surface area contributed by atoms with Gasteiger partial charge in [-0.25, -0.2) is 4.39 Å². The number of amides is 1. The molecule has 0 unspecified atom stereocenters. The zero-order chi connectivity index (χ0) is 15.0. The second-order valence-electron chi connectivity index (χ2n) is 4.44. The zero-order valence-corrected chi connectivity index (χ0v) is 12.3. The molecule has 0 aliphatic carbocycles. The molecule has 2 aromatic carbocycles. The van der Waals surface area contributed by atoms with Crippen molar-refractivity contribution < 1.29 is 9.18 Å². The van der Waals surface area contributed by atoms with Crippen LogP contribution < -0.4 is 5.73 Å². The number of hydrogen-bond acceptors (Lipinski definition) is 2. The van der Waals surface area contributed by atoms with E-state index in [0.29, 0.717) is 15.6 Å². The Bertz CT molecular complexity index is 830. The molecular formula is C15H10ClFN2OS. The van der Waals surface area contributed by atoms with Gasteiger partial charge in [0, 0.05) is 20.8 Å². The van der Waals surface area contributed by atoms with Crippen molar-refractivity contribution in [2.45, 2.75) is 9.79 Å². The van der Waals surface area contributed by atoms with Crippen LogP contribution in [0.2, 0.25) is 5.02 Å². The van der Waals surface area contributed by atoms with E-state index in [9.17, 15) is 9.18 Å². The average molecular weight is 321 g/mol. The lowest BCUT2D eigenvalue weighted by atomic mass is 10.2. The molecule has 0 bridgehead atoms. The lowest BCUT2D eigenvalue weighted by molar-refractivity contribution is 0.0993. The Kier molecular flexibility index (Phi) is 3.61. The number of rotatable bonds is 3. The number of carbonyl (C=O) groups excluding carboxylic acids is 1. The number of hydrogen-bond donors (Lipinski definition) is 2. The first-order valence-electron chi connectivity index (χ1n) is 6.09. The van der Waals surface area contributed by atoms with Crippen LogP contribution in [-0.2, 0) is 0 Å². The summed E-state index contributed by atoms with van der Waals surface area (Å²) >= 11 is 7.35. The summed E-state index contributed by atoms with van der Waals surface area (Å²) < 4.78 is 13.0. The molecular weight excluding hydrogens is 311 g/mol. The van der Waals surface area contributed by atoms with Crippen molar-refractivity contribution in [1.82, 2.24) is 4.98 Å². The minimum atomic E-state index is -0.549. The largest absolute Gasteiger partial charge is 0.364 e. The predicted octanol–water partition coefficient (Wildman–Crippen LogP) is 4.21. The van der Waals surface area contributed by atoms with Gasteiger partial charge < -0.3 is 10.7 Å². The van der Waals surface area contributed by atoms with Gasteiger partial charge in [0.2, 0.25) is 0 Å². The maximum absolute atomic E-state index is 13.0. The lowest BCUT2D eigenvalue weighted by Crippen LogP contribution is -2.12. The molecule has 3 rings (SSSR count). The third-order valence-corrected chi connectivity index (χ3v) is 4.36. The van der Waals surface area contributed by atoms with Crippen LogP contribution in [0.15, 0.2) is 52.3 Å². The van der Waals surface area contributed by atoms with E-state index < -0.39 is 5.91 Å². The van der Waals surface area contributed by atoms with Crippen LogP contribution in [0.1, 0.15) is 10.5 Å². The normalized spacial score (nSPS) is 11.0. The second kappa shape index (κ2) is 5.42. The molecule has 0 aliphatic heterocycles. The highest BCUT2D eigenvalue weighted by Crippen LogP contribution is 2.37. The van der Waals surface area contributed by atoms with Gasteiger partial charge in [0.05, 0.1) is 4.90 Å². The minimum Gasteiger partial charge on any atom is -0.364 e. The highest BCUT2D eigenvalue weighted by molar-refractivity contribution is 7.99. The van der Waals surface area contributed by atoms with E-state index in [4.69, 9.17) is 17.3 Å². The Hall–Kier alpha value is -1.98. The highest BCUT2D eigenvalue weighted by atomic mass is 35.5. The second-order valence-corrected chi connectivity index (χ2v) is 5.96. The van der Waals surface area contributed by atoms with Crippen molar-refractivity contribution in [3.63, 3.8) is 0 Å². The molecule has 0 saturated heterocycles. The summed E-state index contributed by atoms with van der Waals surface area (Å²) in [6, 6.07) is 11.3. The van der Waals surface area contributed by atoms with E-state index in [0.717, 1.165) is 15.8 Å². The number of fused-ring (bicyclic) bond motifs is 1. The quantitative estimate of drug-likeness (QED) is 0.759. The smallest absolute Gasteiger partial charge is 0.266 e. The Morgan fingerprint density at radius 2 is 1.90 bits per heavy atom. The summed E-state index contributed by atoms with van der Waals surface area (Å²) in [7, 11) is 0. The standard InChI is InChI=1S/C15H10ClFN2OS/c16-8-1-6-12-11(7-8)14(13(19-12)15(18)20)21-10-4-2-9(17)3-5-10/h1-7,19H,(H2,18,20). The molecule has 1 heterocycles. The van der Waals surface area contributed by atoms with Crippen LogP contribution in [0.4, 0.5) is 4.39 Å². The Balaban J connectivity index is 2.14. The van der Waals surface area contributed by atoms with Crippen LogP contribution in [0.25, 0.3) is 10.9 Å². The predicted molar refractivity (Wildman–Crippen MR) is 82.3 cm³/mol. The third kappa shape index (κ3) is 2.75. The fraction of sp³-hybridized carbons (Fsp3) is 0. The van der Waals surface area contributed by atoms with Gasteiger partial charge in [0.1, 0.15) is 11.5 Å². The summed E-state index contributed by atoms with van der Waals surface area (Å²) in [6.07, 6.45) is 0. The highest BCUT2D eigenvalue weighted by Gasteiger charge is 2.17. The molecule has 21 heavy (non-hydrogen) atoms. The van der Waals surface area contributed by atoms with Crippen LogP contribution in [0, 0.1) is 5.82 Å².